The maximum Gasteiger partial charge on any atom is 0.134 e. The number of hydrogen-bond donors (Lipinski definition) is 0. The molecule has 0 aromatic carbocycles. The highest BCUT2D eigenvalue weighted by molar-refractivity contribution is 4.91. The number of rotatable bonds is 4. The SMILES string of the molecule is Cn1ccnc1COCc1nccn1C. The zero-order valence-corrected chi connectivity index (χ0v) is 8.92. The van der Waals surface area contributed by atoms with Crippen molar-refractivity contribution < 1.29 is 4.74 Å². The molecule has 0 saturated heterocycles. The van der Waals surface area contributed by atoms with E-state index < -0.39 is 0 Å². The van der Waals surface area contributed by atoms with E-state index in [0.717, 1.165) is 11.6 Å². The maximum atomic E-state index is 5.52. The summed E-state index contributed by atoms with van der Waals surface area (Å²) in [5, 5.41) is 0. The lowest BCUT2D eigenvalue weighted by atomic mass is 10.6. The van der Waals surface area contributed by atoms with Crippen LogP contribution in [0.3, 0.4) is 0 Å². The molecule has 0 fully saturated rings. The van der Waals surface area contributed by atoms with E-state index in [-0.39, 0.29) is 0 Å². The van der Waals surface area contributed by atoms with E-state index in [0.29, 0.717) is 13.2 Å². The summed E-state index contributed by atoms with van der Waals surface area (Å²) in [4.78, 5) is 8.34. The normalized spacial score (nSPS) is 10.8. The maximum absolute atomic E-state index is 5.52. The van der Waals surface area contributed by atoms with Gasteiger partial charge in [0.25, 0.3) is 0 Å². The van der Waals surface area contributed by atoms with Gasteiger partial charge in [-0.3, -0.25) is 0 Å². The molecule has 80 valence electrons. The highest BCUT2D eigenvalue weighted by Gasteiger charge is 2.01. The molecule has 5 heteroatoms. The first kappa shape index (κ1) is 9.92. The first-order chi connectivity index (χ1) is 7.27. The van der Waals surface area contributed by atoms with Crippen LogP contribution in [0.15, 0.2) is 24.8 Å². The van der Waals surface area contributed by atoms with Crippen molar-refractivity contribution in [2.75, 3.05) is 0 Å². The predicted molar refractivity (Wildman–Crippen MR) is 54.9 cm³/mol. The number of nitrogens with zero attached hydrogens (tertiary/aromatic N) is 4. The van der Waals surface area contributed by atoms with Crippen molar-refractivity contribution in [3.63, 3.8) is 0 Å². The minimum Gasteiger partial charge on any atom is -0.366 e. The zero-order valence-electron chi connectivity index (χ0n) is 8.92. The Balaban J connectivity index is 1.86. The predicted octanol–water partition coefficient (Wildman–Crippen LogP) is 0.870. The largest absolute Gasteiger partial charge is 0.366 e. The molecule has 2 aromatic rings. The average Bonchev–Trinajstić information content (AvgIpc) is 2.78. The van der Waals surface area contributed by atoms with Gasteiger partial charge >= 0.3 is 0 Å². The van der Waals surface area contributed by atoms with Gasteiger partial charge in [-0.25, -0.2) is 9.97 Å². The van der Waals surface area contributed by atoms with Crippen LogP contribution in [0.5, 0.6) is 0 Å². The van der Waals surface area contributed by atoms with E-state index in [4.69, 9.17) is 4.74 Å². The van der Waals surface area contributed by atoms with E-state index in [9.17, 15) is 0 Å². The molecule has 0 spiro atoms. The average molecular weight is 206 g/mol. The van der Waals surface area contributed by atoms with Crippen LogP contribution in [0.25, 0.3) is 0 Å². The molecular formula is C10H14N4O. The molecule has 15 heavy (non-hydrogen) atoms. The Morgan fingerprint density at radius 3 is 1.80 bits per heavy atom. The van der Waals surface area contributed by atoms with Crippen LogP contribution in [0.2, 0.25) is 0 Å². The van der Waals surface area contributed by atoms with Crippen LogP contribution in [0.1, 0.15) is 11.6 Å². The second-order valence-corrected chi connectivity index (χ2v) is 3.40. The zero-order chi connectivity index (χ0) is 10.7. The van der Waals surface area contributed by atoms with Crippen molar-refractivity contribution in [1.29, 1.82) is 0 Å². The van der Waals surface area contributed by atoms with Gasteiger partial charge in [0.15, 0.2) is 0 Å². The van der Waals surface area contributed by atoms with Crippen molar-refractivity contribution >= 4 is 0 Å². The fraction of sp³-hybridized carbons (Fsp3) is 0.400. The molecule has 0 radical (unpaired) electrons. The molecule has 2 rings (SSSR count). The number of aromatic nitrogens is 4. The third kappa shape index (κ3) is 2.24. The third-order valence-electron chi connectivity index (χ3n) is 2.30. The molecule has 0 N–H and O–H groups in total. The Morgan fingerprint density at radius 2 is 1.47 bits per heavy atom. The first-order valence-electron chi connectivity index (χ1n) is 4.77. The van der Waals surface area contributed by atoms with E-state index in [1.807, 2.05) is 35.6 Å². The number of hydrogen-bond acceptors (Lipinski definition) is 3. The van der Waals surface area contributed by atoms with Gasteiger partial charge in [-0.15, -0.1) is 0 Å². The van der Waals surface area contributed by atoms with E-state index in [1.54, 1.807) is 12.4 Å². The van der Waals surface area contributed by atoms with Crippen LogP contribution in [-0.2, 0) is 32.0 Å². The highest BCUT2D eigenvalue weighted by Crippen LogP contribution is 2.01. The Bertz CT molecular complexity index is 392. The summed E-state index contributed by atoms with van der Waals surface area (Å²) in [5.41, 5.74) is 0. The fourth-order valence-corrected chi connectivity index (χ4v) is 1.30. The standard InChI is InChI=1S/C10H14N4O/c1-13-5-3-11-9(13)7-15-8-10-12-4-6-14(10)2/h3-6H,7-8H2,1-2H3. The fourth-order valence-electron chi connectivity index (χ4n) is 1.30. The molecule has 0 aliphatic heterocycles. The Morgan fingerprint density at radius 1 is 1.00 bits per heavy atom. The summed E-state index contributed by atoms with van der Waals surface area (Å²) in [7, 11) is 3.90. The number of ether oxygens (including phenoxy) is 1. The van der Waals surface area contributed by atoms with Gasteiger partial charge in [-0.1, -0.05) is 0 Å². The second kappa shape index (κ2) is 4.27. The minimum absolute atomic E-state index is 0.510. The molecule has 0 bridgehead atoms. The summed E-state index contributed by atoms with van der Waals surface area (Å²) >= 11 is 0. The van der Waals surface area contributed by atoms with Crippen LogP contribution in [0, 0.1) is 0 Å². The molecule has 0 aliphatic carbocycles. The number of imidazole rings is 2. The lowest BCUT2D eigenvalue weighted by Crippen LogP contribution is -2.04. The summed E-state index contributed by atoms with van der Waals surface area (Å²) in [6.45, 7) is 1.02. The summed E-state index contributed by atoms with van der Waals surface area (Å²) in [5.74, 6) is 1.84. The second-order valence-electron chi connectivity index (χ2n) is 3.40. The molecule has 0 atom stereocenters. The smallest absolute Gasteiger partial charge is 0.134 e. The van der Waals surface area contributed by atoms with Crippen molar-refractivity contribution in [2.45, 2.75) is 13.2 Å². The van der Waals surface area contributed by atoms with Crippen molar-refractivity contribution in [2.24, 2.45) is 14.1 Å². The molecule has 0 aliphatic rings. The lowest BCUT2D eigenvalue weighted by Gasteiger charge is -2.04. The molecule has 0 amide bonds. The third-order valence-corrected chi connectivity index (χ3v) is 2.30. The van der Waals surface area contributed by atoms with Gasteiger partial charge in [-0.2, -0.15) is 0 Å². The van der Waals surface area contributed by atoms with Gasteiger partial charge in [0.1, 0.15) is 24.9 Å². The topological polar surface area (TPSA) is 44.9 Å². The molecule has 2 aromatic heterocycles. The highest BCUT2D eigenvalue weighted by atomic mass is 16.5. The molecule has 0 unspecified atom stereocenters. The van der Waals surface area contributed by atoms with Crippen LogP contribution in [-0.4, -0.2) is 19.1 Å². The monoisotopic (exact) mass is 206 g/mol. The molecular weight excluding hydrogens is 192 g/mol. The Hall–Kier alpha value is -1.62. The van der Waals surface area contributed by atoms with E-state index in [1.165, 1.54) is 0 Å². The quantitative estimate of drug-likeness (QED) is 0.745. The first-order valence-corrected chi connectivity index (χ1v) is 4.77. The van der Waals surface area contributed by atoms with E-state index in [2.05, 4.69) is 9.97 Å². The van der Waals surface area contributed by atoms with Crippen LogP contribution in [0.4, 0.5) is 0 Å². The van der Waals surface area contributed by atoms with Crippen molar-refractivity contribution in [1.82, 2.24) is 19.1 Å². The number of aryl methyl sites for hydroxylation is 2. The Kier molecular flexibility index (Phi) is 2.82. The summed E-state index contributed by atoms with van der Waals surface area (Å²) < 4.78 is 9.40. The molecule has 2 heterocycles. The minimum atomic E-state index is 0.510. The van der Waals surface area contributed by atoms with Gasteiger partial charge in [0.05, 0.1) is 0 Å². The van der Waals surface area contributed by atoms with Gasteiger partial charge in [-0.05, 0) is 0 Å². The van der Waals surface area contributed by atoms with Crippen LogP contribution >= 0.6 is 0 Å². The summed E-state index contributed by atoms with van der Waals surface area (Å²) in [6, 6.07) is 0. The molecule has 5 nitrogen and oxygen atoms in total. The van der Waals surface area contributed by atoms with Gasteiger partial charge in [0, 0.05) is 38.9 Å². The Labute approximate surface area is 88.3 Å². The lowest BCUT2D eigenvalue weighted by molar-refractivity contribution is 0.0933. The van der Waals surface area contributed by atoms with Gasteiger partial charge in [0.2, 0.25) is 0 Å². The van der Waals surface area contributed by atoms with Crippen LogP contribution < -0.4 is 0 Å². The van der Waals surface area contributed by atoms with Crippen molar-refractivity contribution in [3.05, 3.63) is 36.4 Å². The van der Waals surface area contributed by atoms with E-state index >= 15 is 0 Å². The summed E-state index contributed by atoms with van der Waals surface area (Å²) in [6.07, 6.45) is 7.33. The van der Waals surface area contributed by atoms with Gasteiger partial charge < -0.3 is 13.9 Å². The molecule has 0 saturated carbocycles. The van der Waals surface area contributed by atoms with Crippen molar-refractivity contribution in [3.8, 4) is 0 Å².